The molecule has 19 heavy (non-hydrogen) atoms. The number of rotatable bonds is 7. The second kappa shape index (κ2) is 8.26. The van der Waals surface area contributed by atoms with Crippen molar-refractivity contribution >= 4 is 11.8 Å². The standard InChI is InChI=1S/C14H21N3O2/c1-2-8-16-14(19)12-5-3-4-11(9-12)10-17-13(18)6-7-15/h3-5,9H,2,6-8,10,15H2,1H3,(H,16,19)(H,17,18). The maximum absolute atomic E-state index is 11.8. The van der Waals surface area contributed by atoms with Crippen LogP contribution in [0.5, 0.6) is 0 Å². The van der Waals surface area contributed by atoms with E-state index in [0.29, 0.717) is 31.6 Å². The molecule has 0 fully saturated rings. The Morgan fingerprint density at radius 3 is 2.74 bits per heavy atom. The second-order valence-corrected chi connectivity index (χ2v) is 4.27. The maximum Gasteiger partial charge on any atom is 0.251 e. The minimum Gasteiger partial charge on any atom is -0.352 e. The molecule has 5 nitrogen and oxygen atoms in total. The fourth-order valence-corrected chi connectivity index (χ4v) is 1.58. The Labute approximate surface area is 113 Å². The first kappa shape index (κ1) is 15.2. The largest absolute Gasteiger partial charge is 0.352 e. The molecule has 0 aliphatic rings. The highest BCUT2D eigenvalue weighted by Crippen LogP contribution is 2.05. The smallest absolute Gasteiger partial charge is 0.251 e. The van der Waals surface area contributed by atoms with Crippen molar-refractivity contribution in [2.24, 2.45) is 5.73 Å². The van der Waals surface area contributed by atoms with Crippen LogP contribution < -0.4 is 16.4 Å². The molecule has 0 heterocycles. The van der Waals surface area contributed by atoms with Crippen LogP contribution in [0.4, 0.5) is 0 Å². The van der Waals surface area contributed by atoms with Crippen molar-refractivity contribution in [1.82, 2.24) is 10.6 Å². The second-order valence-electron chi connectivity index (χ2n) is 4.27. The lowest BCUT2D eigenvalue weighted by molar-refractivity contribution is -0.121. The molecule has 0 radical (unpaired) electrons. The summed E-state index contributed by atoms with van der Waals surface area (Å²) in [5.41, 5.74) is 6.80. The highest BCUT2D eigenvalue weighted by atomic mass is 16.2. The molecule has 0 spiro atoms. The zero-order valence-electron chi connectivity index (χ0n) is 11.2. The third-order valence-corrected chi connectivity index (χ3v) is 2.59. The normalized spacial score (nSPS) is 10.0. The molecule has 0 bridgehead atoms. The molecule has 104 valence electrons. The monoisotopic (exact) mass is 263 g/mol. The van der Waals surface area contributed by atoms with Crippen molar-refractivity contribution in [2.75, 3.05) is 13.1 Å². The molecule has 0 unspecified atom stereocenters. The van der Waals surface area contributed by atoms with Gasteiger partial charge in [-0.1, -0.05) is 19.1 Å². The van der Waals surface area contributed by atoms with E-state index in [1.165, 1.54) is 0 Å². The Bertz CT molecular complexity index is 432. The number of benzene rings is 1. The van der Waals surface area contributed by atoms with E-state index in [9.17, 15) is 9.59 Å². The van der Waals surface area contributed by atoms with Crippen LogP contribution in [0.25, 0.3) is 0 Å². The lowest BCUT2D eigenvalue weighted by atomic mass is 10.1. The molecule has 0 saturated heterocycles. The summed E-state index contributed by atoms with van der Waals surface area (Å²) in [5.74, 6) is -0.166. The topological polar surface area (TPSA) is 84.2 Å². The Morgan fingerprint density at radius 2 is 2.05 bits per heavy atom. The van der Waals surface area contributed by atoms with Crippen molar-refractivity contribution in [3.63, 3.8) is 0 Å². The van der Waals surface area contributed by atoms with E-state index in [-0.39, 0.29) is 11.8 Å². The summed E-state index contributed by atoms with van der Waals surface area (Å²) in [5, 5.41) is 5.58. The van der Waals surface area contributed by atoms with Crippen molar-refractivity contribution in [2.45, 2.75) is 26.3 Å². The third kappa shape index (κ3) is 5.52. The first-order valence-electron chi connectivity index (χ1n) is 6.51. The number of carbonyl (C=O) groups is 2. The van der Waals surface area contributed by atoms with Crippen LogP contribution in [0, 0.1) is 0 Å². The molecule has 1 rings (SSSR count). The van der Waals surface area contributed by atoms with Crippen LogP contribution in [0.1, 0.15) is 35.7 Å². The van der Waals surface area contributed by atoms with Gasteiger partial charge in [-0.05, 0) is 24.1 Å². The number of nitrogens with one attached hydrogen (secondary N) is 2. The molecule has 2 amide bonds. The number of hydrogen-bond acceptors (Lipinski definition) is 3. The highest BCUT2D eigenvalue weighted by Gasteiger charge is 2.06. The Morgan fingerprint density at radius 1 is 1.26 bits per heavy atom. The van der Waals surface area contributed by atoms with Crippen LogP contribution in [0.2, 0.25) is 0 Å². The zero-order valence-corrected chi connectivity index (χ0v) is 11.2. The van der Waals surface area contributed by atoms with E-state index in [0.717, 1.165) is 12.0 Å². The van der Waals surface area contributed by atoms with Gasteiger partial charge in [-0.3, -0.25) is 9.59 Å². The van der Waals surface area contributed by atoms with Crippen LogP contribution in [0.3, 0.4) is 0 Å². The van der Waals surface area contributed by atoms with Gasteiger partial charge < -0.3 is 16.4 Å². The van der Waals surface area contributed by atoms with Gasteiger partial charge in [0.25, 0.3) is 5.91 Å². The molecule has 0 aromatic heterocycles. The number of hydrogen-bond donors (Lipinski definition) is 3. The van der Waals surface area contributed by atoms with Crippen LogP contribution in [0.15, 0.2) is 24.3 Å². The predicted octanol–water partition coefficient (Wildman–Crippen LogP) is 0.791. The van der Waals surface area contributed by atoms with E-state index in [4.69, 9.17) is 5.73 Å². The van der Waals surface area contributed by atoms with Gasteiger partial charge in [0.05, 0.1) is 0 Å². The van der Waals surface area contributed by atoms with E-state index in [1.807, 2.05) is 19.1 Å². The highest BCUT2D eigenvalue weighted by molar-refractivity contribution is 5.94. The van der Waals surface area contributed by atoms with Gasteiger partial charge >= 0.3 is 0 Å². The van der Waals surface area contributed by atoms with Gasteiger partial charge in [0, 0.05) is 31.6 Å². The minimum absolute atomic E-state index is 0.0802. The molecule has 1 aromatic carbocycles. The van der Waals surface area contributed by atoms with E-state index in [2.05, 4.69) is 10.6 Å². The summed E-state index contributed by atoms with van der Waals surface area (Å²) in [4.78, 5) is 23.1. The first-order chi connectivity index (χ1) is 9.17. The Kier molecular flexibility index (Phi) is 6.60. The molecule has 0 aliphatic carbocycles. The summed E-state index contributed by atoms with van der Waals surface area (Å²) in [6, 6.07) is 7.23. The molecular formula is C14H21N3O2. The molecule has 4 N–H and O–H groups in total. The average molecular weight is 263 g/mol. The van der Waals surface area contributed by atoms with Gasteiger partial charge in [0.15, 0.2) is 0 Å². The summed E-state index contributed by atoms with van der Waals surface area (Å²) < 4.78 is 0. The third-order valence-electron chi connectivity index (χ3n) is 2.59. The maximum atomic E-state index is 11.8. The fraction of sp³-hybridized carbons (Fsp3) is 0.429. The van der Waals surface area contributed by atoms with Crippen molar-refractivity contribution in [1.29, 1.82) is 0 Å². The van der Waals surface area contributed by atoms with Crippen molar-refractivity contribution < 1.29 is 9.59 Å². The van der Waals surface area contributed by atoms with Crippen LogP contribution in [-0.2, 0) is 11.3 Å². The molecule has 5 heteroatoms. The van der Waals surface area contributed by atoms with Crippen LogP contribution in [-0.4, -0.2) is 24.9 Å². The van der Waals surface area contributed by atoms with Gasteiger partial charge in [0.2, 0.25) is 5.91 Å². The zero-order chi connectivity index (χ0) is 14.1. The first-order valence-corrected chi connectivity index (χ1v) is 6.51. The minimum atomic E-state index is -0.0861. The van der Waals surface area contributed by atoms with Crippen molar-refractivity contribution in [3.05, 3.63) is 35.4 Å². The molecule has 0 saturated carbocycles. The number of carbonyl (C=O) groups excluding carboxylic acids is 2. The fourth-order valence-electron chi connectivity index (χ4n) is 1.58. The SMILES string of the molecule is CCCNC(=O)c1cccc(CNC(=O)CCN)c1. The lowest BCUT2D eigenvalue weighted by Gasteiger charge is -2.07. The quantitative estimate of drug-likeness (QED) is 0.680. The predicted molar refractivity (Wildman–Crippen MR) is 74.6 cm³/mol. The van der Waals surface area contributed by atoms with Gasteiger partial charge in [-0.15, -0.1) is 0 Å². The average Bonchev–Trinajstić information content (AvgIpc) is 2.43. The van der Waals surface area contributed by atoms with Crippen molar-refractivity contribution in [3.8, 4) is 0 Å². The summed E-state index contributed by atoms with van der Waals surface area (Å²) >= 11 is 0. The van der Waals surface area contributed by atoms with Crippen LogP contribution >= 0.6 is 0 Å². The van der Waals surface area contributed by atoms with E-state index >= 15 is 0 Å². The summed E-state index contributed by atoms with van der Waals surface area (Å²) in [6.45, 7) is 3.42. The number of amides is 2. The molecule has 1 aromatic rings. The summed E-state index contributed by atoms with van der Waals surface area (Å²) in [7, 11) is 0. The van der Waals surface area contributed by atoms with E-state index < -0.39 is 0 Å². The Hall–Kier alpha value is -1.88. The van der Waals surface area contributed by atoms with E-state index in [1.54, 1.807) is 12.1 Å². The Balaban J connectivity index is 2.56. The van der Waals surface area contributed by atoms with Gasteiger partial charge in [-0.2, -0.15) is 0 Å². The summed E-state index contributed by atoms with van der Waals surface area (Å²) in [6.07, 6.45) is 1.22. The molecular weight excluding hydrogens is 242 g/mol. The van der Waals surface area contributed by atoms with Gasteiger partial charge in [0.1, 0.15) is 0 Å². The lowest BCUT2D eigenvalue weighted by Crippen LogP contribution is -2.26. The van der Waals surface area contributed by atoms with Gasteiger partial charge in [-0.25, -0.2) is 0 Å². The molecule has 0 aliphatic heterocycles. The molecule has 0 atom stereocenters. The number of nitrogens with two attached hydrogens (primary N) is 1.